The normalized spacial score (nSPS) is 10.9. The molecule has 3 aromatic carbocycles. The molecule has 0 saturated carbocycles. The van der Waals surface area contributed by atoms with Gasteiger partial charge in [0, 0.05) is 5.56 Å². The third kappa shape index (κ3) is 4.69. The first-order valence-corrected chi connectivity index (χ1v) is 9.70. The molecule has 3 nitrogen and oxygen atoms in total. The molecule has 1 unspecified atom stereocenters. The first kappa shape index (κ1) is 19.0. The topological polar surface area (TPSA) is 43.4 Å². The summed E-state index contributed by atoms with van der Waals surface area (Å²) in [4.78, 5) is 24.8. The molecular weight excluding hydrogens is 355 g/mol. The van der Waals surface area contributed by atoms with Crippen LogP contribution in [0.25, 0.3) is 0 Å². The minimum Gasteiger partial charge on any atom is -0.423 e. The maximum Gasteiger partial charge on any atom is 0.343 e. The molecule has 1 atom stereocenters. The lowest BCUT2D eigenvalue weighted by atomic mass is 10.0. The first-order valence-electron chi connectivity index (χ1n) is 8.70. The molecule has 3 rings (SSSR count). The Bertz CT molecular complexity index is 953. The highest BCUT2D eigenvalue weighted by atomic mass is 31.1. The van der Waals surface area contributed by atoms with Gasteiger partial charge in [-0.1, -0.05) is 48.0 Å². The second kappa shape index (κ2) is 8.28. The Hall–Kier alpha value is -2.77. The largest absolute Gasteiger partial charge is 0.423 e. The fourth-order valence-corrected chi connectivity index (χ4v) is 4.19. The van der Waals surface area contributed by atoms with Crippen LogP contribution in [0.15, 0.2) is 66.7 Å². The number of carbonyl (C=O) groups is 2. The van der Waals surface area contributed by atoms with Crippen molar-refractivity contribution in [1.29, 1.82) is 0 Å². The second-order valence-electron chi connectivity index (χ2n) is 6.51. The molecule has 0 fully saturated rings. The lowest BCUT2D eigenvalue weighted by Crippen LogP contribution is -2.09. The molecule has 0 amide bonds. The van der Waals surface area contributed by atoms with Gasteiger partial charge >= 0.3 is 5.97 Å². The van der Waals surface area contributed by atoms with Crippen molar-refractivity contribution in [2.75, 3.05) is 0 Å². The van der Waals surface area contributed by atoms with Gasteiger partial charge in [0.05, 0.1) is 5.56 Å². The van der Waals surface area contributed by atoms with E-state index in [1.165, 1.54) is 0 Å². The van der Waals surface area contributed by atoms with Gasteiger partial charge in [0.2, 0.25) is 0 Å². The number of ether oxygens (including phenoxy) is 1. The zero-order valence-corrected chi connectivity index (χ0v) is 16.6. The molecule has 27 heavy (non-hydrogen) atoms. The molecule has 0 radical (unpaired) electrons. The highest BCUT2D eigenvalue weighted by Crippen LogP contribution is 2.26. The van der Waals surface area contributed by atoms with Gasteiger partial charge in [-0.2, -0.15) is 0 Å². The molecule has 0 bridgehead atoms. The Balaban J connectivity index is 1.69. The number of esters is 1. The third-order valence-corrected chi connectivity index (χ3v) is 5.34. The average molecular weight is 376 g/mol. The van der Waals surface area contributed by atoms with Crippen molar-refractivity contribution in [3.8, 4) is 5.75 Å². The molecule has 0 spiro atoms. The van der Waals surface area contributed by atoms with Crippen LogP contribution >= 0.6 is 8.58 Å². The first-order chi connectivity index (χ1) is 12.9. The Labute approximate surface area is 161 Å². The molecule has 0 saturated heterocycles. The van der Waals surface area contributed by atoms with Crippen LogP contribution in [0.1, 0.15) is 37.4 Å². The average Bonchev–Trinajstić information content (AvgIpc) is 2.63. The van der Waals surface area contributed by atoms with Gasteiger partial charge in [0.1, 0.15) is 5.75 Å². The number of carbonyl (C=O) groups excluding carboxylic acids is 2. The van der Waals surface area contributed by atoms with Gasteiger partial charge in [-0.15, -0.1) is 0 Å². The Morgan fingerprint density at radius 3 is 2.00 bits per heavy atom. The molecule has 0 N–H and O–H groups in total. The van der Waals surface area contributed by atoms with E-state index in [0.29, 0.717) is 11.3 Å². The Morgan fingerprint density at radius 1 is 0.815 bits per heavy atom. The van der Waals surface area contributed by atoms with Crippen LogP contribution in [-0.2, 0) is 0 Å². The van der Waals surface area contributed by atoms with Gasteiger partial charge in [0.25, 0.3) is 0 Å². The van der Waals surface area contributed by atoms with E-state index in [1.54, 1.807) is 36.4 Å². The minimum atomic E-state index is -0.396. The summed E-state index contributed by atoms with van der Waals surface area (Å²) in [6.45, 7) is 5.99. The van der Waals surface area contributed by atoms with E-state index in [9.17, 15) is 9.59 Å². The van der Waals surface area contributed by atoms with E-state index in [1.807, 2.05) is 51.1 Å². The standard InChI is InChI=1S/C23H21O3P/c1-15-13-16(2)21(17(3)14-15)23(25)27-20-11-9-19(10-12-20)26-22(24)18-7-5-4-6-8-18/h4-14,27H,1-3H3. The number of hydrogen-bond donors (Lipinski definition) is 0. The van der Waals surface area contributed by atoms with Crippen LogP contribution in [0.3, 0.4) is 0 Å². The molecule has 4 heteroatoms. The molecule has 0 aromatic heterocycles. The molecule has 136 valence electrons. The van der Waals surface area contributed by atoms with Crippen LogP contribution in [0.4, 0.5) is 0 Å². The minimum absolute atomic E-state index is 0.0310. The van der Waals surface area contributed by atoms with E-state index in [2.05, 4.69) is 0 Å². The maximum atomic E-state index is 12.7. The van der Waals surface area contributed by atoms with Crippen molar-refractivity contribution in [3.05, 3.63) is 94.5 Å². The van der Waals surface area contributed by atoms with E-state index in [4.69, 9.17) is 4.74 Å². The van der Waals surface area contributed by atoms with Crippen molar-refractivity contribution in [2.24, 2.45) is 0 Å². The van der Waals surface area contributed by atoms with E-state index in [0.717, 1.165) is 27.6 Å². The van der Waals surface area contributed by atoms with E-state index in [-0.39, 0.29) is 14.1 Å². The van der Waals surface area contributed by atoms with Crippen molar-refractivity contribution >= 4 is 25.4 Å². The quantitative estimate of drug-likeness (QED) is 0.359. The zero-order chi connectivity index (χ0) is 19.4. The zero-order valence-electron chi connectivity index (χ0n) is 15.6. The van der Waals surface area contributed by atoms with Gasteiger partial charge in [-0.3, -0.25) is 4.79 Å². The van der Waals surface area contributed by atoms with Gasteiger partial charge in [-0.25, -0.2) is 4.79 Å². The van der Waals surface area contributed by atoms with E-state index >= 15 is 0 Å². The van der Waals surface area contributed by atoms with Crippen LogP contribution in [0, 0.1) is 20.8 Å². The summed E-state index contributed by atoms with van der Waals surface area (Å²) >= 11 is 0. The smallest absolute Gasteiger partial charge is 0.343 e. The summed E-state index contributed by atoms with van der Waals surface area (Å²) in [7, 11) is 0.0310. The molecular formula is C23H21O3P. The fourth-order valence-electron chi connectivity index (χ4n) is 3.08. The second-order valence-corrected chi connectivity index (χ2v) is 7.79. The number of benzene rings is 3. The van der Waals surface area contributed by atoms with E-state index < -0.39 is 5.97 Å². The summed E-state index contributed by atoms with van der Waals surface area (Å²) in [6.07, 6.45) is 0. The molecule has 0 aliphatic rings. The highest BCUT2D eigenvalue weighted by molar-refractivity contribution is 7.66. The monoisotopic (exact) mass is 376 g/mol. The summed E-state index contributed by atoms with van der Waals surface area (Å²) in [5, 5.41) is 0.916. The van der Waals surface area contributed by atoms with Crippen LogP contribution in [0.2, 0.25) is 0 Å². The Morgan fingerprint density at radius 2 is 1.41 bits per heavy atom. The summed E-state index contributed by atoms with van der Waals surface area (Å²) in [5.41, 5.74) is 4.62. The Kier molecular flexibility index (Phi) is 5.83. The number of rotatable bonds is 5. The molecule has 0 aliphatic carbocycles. The van der Waals surface area contributed by atoms with Crippen molar-refractivity contribution < 1.29 is 14.3 Å². The summed E-state index contributed by atoms with van der Waals surface area (Å²) in [6, 6.07) is 20.1. The fraction of sp³-hybridized carbons (Fsp3) is 0.130. The lowest BCUT2D eigenvalue weighted by Gasteiger charge is -2.11. The van der Waals surface area contributed by atoms with Gasteiger partial charge in [-0.05, 0) is 70.0 Å². The predicted molar refractivity (Wildman–Crippen MR) is 111 cm³/mol. The third-order valence-electron chi connectivity index (χ3n) is 4.24. The van der Waals surface area contributed by atoms with Crippen LogP contribution < -0.4 is 10.0 Å². The van der Waals surface area contributed by atoms with Crippen molar-refractivity contribution in [1.82, 2.24) is 0 Å². The van der Waals surface area contributed by atoms with Crippen LogP contribution in [0.5, 0.6) is 5.75 Å². The van der Waals surface area contributed by atoms with Crippen LogP contribution in [-0.4, -0.2) is 11.5 Å². The molecule has 0 heterocycles. The molecule has 0 aliphatic heterocycles. The lowest BCUT2D eigenvalue weighted by molar-refractivity contribution is 0.0734. The predicted octanol–water partition coefficient (Wildman–Crippen LogP) is 4.98. The summed E-state index contributed by atoms with van der Waals surface area (Å²) in [5.74, 6) is 0.0697. The number of hydrogen-bond acceptors (Lipinski definition) is 3. The van der Waals surface area contributed by atoms with Gasteiger partial charge in [0.15, 0.2) is 5.52 Å². The maximum absolute atomic E-state index is 12.7. The SMILES string of the molecule is Cc1cc(C)c(C(=O)Pc2ccc(OC(=O)c3ccccc3)cc2)c(C)c1. The van der Waals surface area contributed by atoms with Crippen molar-refractivity contribution in [2.45, 2.75) is 20.8 Å². The molecule has 3 aromatic rings. The highest BCUT2D eigenvalue weighted by Gasteiger charge is 2.14. The van der Waals surface area contributed by atoms with Gasteiger partial charge < -0.3 is 4.74 Å². The number of aryl methyl sites for hydroxylation is 3. The summed E-state index contributed by atoms with van der Waals surface area (Å²) < 4.78 is 5.38. The van der Waals surface area contributed by atoms with Crippen molar-refractivity contribution in [3.63, 3.8) is 0 Å².